The van der Waals surface area contributed by atoms with Gasteiger partial charge in [0.15, 0.2) is 0 Å². The summed E-state index contributed by atoms with van der Waals surface area (Å²) in [4.78, 5) is 24.9. The average Bonchev–Trinajstić information content (AvgIpc) is 2.59. The van der Waals surface area contributed by atoms with Crippen LogP contribution in [0.1, 0.15) is 25.3 Å². The van der Waals surface area contributed by atoms with Gasteiger partial charge in [-0.3, -0.25) is 4.79 Å². The number of carbonyl (C=O) groups is 2. The van der Waals surface area contributed by atoms with E-state index in [0.717, 1.165) is 5.56 Å². The van der Waals surface area contributed by atoms with Gasteiger partial charge in [-0.15, -0.1) is 0 Å². The molecule has 1 heterocycles. The molecule has 0 radical (unpaired) electrons. The Morgan fingerprint density at radius 3 is 2.33 bits per heavy atom. The second-order valence-corrected chi connectivity index (χ2v) is 5.73. The number of para-hydroxylation sites is 1. The van der Waals surface area contributed by atoms with E-state index in [9.17, 15) is 9.59 Å². The third-order valence-corrected chi connectivity index (χ3v) is 4.41. The van der Waals surface area contributed by atoms with E-state index in [4.69, 9.17) is 14.2 Å². The summed E-state index contributed by atoms with van der Waals surface area (Å²) in [6, 6.07) is 7.15. The van der Waals surface area contributed by atoms with Gasteiger partial charge in [-0.25, -0.2) is 4.79 Å². The molecule has 6 nitrogen and oxygen atoms in total. The van der Waals surface area contributed by atoms with Gasteiger partial charge in [-0.05, 0) is 19.9 Å². The van der Waals surface area contributed by atoms with Crippen molar-refractivity contribution in [1.29, 1.82) is 0 Å². The fourth-order valence-electron chi connectivity index (χ4n) is 3.35. The van der Waals surface area contributed by atoms with Crippen molar-refractivity contribution < 1.29 is 23.8 Å². The first kappa shape index (κ1) is 17.8. The van der Waals surface area contributed by atoms with Gasteiger partial charge in [0, 0.05) is 23.2 Å². The molecule has 6 heteroatoms. The van der Waals surface area contributed by atoms with E-state index in [1.807, 2.05) is 25.1 Å². The third kappa shape index (κ3) is 3.09. The lowest BCUT2D eigenvalue weighted by Crippen LogP contribution is -2.47. The molecule has 1 N–H and O–H groups in total. The number of benzene rings is 1. The number of hydrogen-bond donors (Lipinski definition) is 1. The SMILES string of the molecule is COC(=O)C1=C(C)NC(C)C(C(=O)OC)C1c1ccccc1OC. The number of methoxy groups -OCH3 is 3. The molecule has 0 saturated carbocycles. The van der Waals surface area contributed by atoms with Crippen molar-refractivity contribution in [1.82, 2.24) is 5.32 Å². The molecule has 1 aliphatic rings. The molecule has 0 amide bonds. The summed E-state index contributed by atoms with van der Waals surface area (Å²) in [5, 5.41) is 3.18. The van der Waals surface area contributed by atoms with Crippen LogP contribution in [0.3, 0.4) is 0 Å². The van der Waals surface area contributed by atoms with Gasteiger partial charge in [-0.1, -0.05) is 18.2 Å². The Labute approximate surface area is 141 Å². The largest absolute Gasteiger partial charge is 0.496 e. The molecule has 3 unspecified atom stereocenters. The van der Waals surface area contributed by atoms with E-state index in [1.165, 1.54) is 14.2 Å². The summed E-state index contributed by atoms with van der Waals surface area (Å²) in [5.41, 5.74) is 1.85. The fourth-order valence-corrected chi connectivity index (χ4v) is 3.35. The van der Waals surface area contributed by atoms with Gasteiger partial charge >= 0.3 is 11.9 Å². The smallest absolute Gasteiger partial charge is 0.336 e. The van der Waals surface area contributed by atoms with Gasteiger partial charge in [0.1, 0.15) is 5.75 Å². The van der Waals surface area contributed by atoms with E-state index in [2.05, 4.69) is 5.32 Å². The molecule has 24 heavy (non-hydrogen) atoms. The van der Waals surface area contributed by atoms with E-state index in [0.29, 0.717) is 17.0 Å². The minimum absolute atomic E-state index is 0.208. The Balaban J connectivity index is 2.70. The number of ether oxygens (including phenoxy) is 3. The monoisotopic (exact) mass is 333 g/mol. The minimum Gasteiger partial charge on any atom is -0.496 e. The van der Waals surface area contributed by atoms with Crippen molar-refractivity contribution in [3.8, 4) is 5.75 Å². The second kappa shape index (κ2) is 7.38. The van der Waals surface area contributed by atoms with Crippen molar-refractivity contribution in [2.45, 2.75) is 25.8 Å². The Morgan fingerprint density at radius 2 is 1.75 bits per heavy atom. The molecule has 2 rings (SSSR count). The molecule has 0 spiro atoms. The van der Waals surface area contributed by atoms with Gasteiger partial charge in [0.05, 0.1) is 32.8 Å². The number of esters is 2. The summed E-state index contributed by atoms with van der Waals surface area (Å²) >= 11 is 0. The van der Waals surface area contributed by atoms with Crippen LogP contribution in [0.5, 0.6) is 5.75 Å². The summed E-state index contributed by atoms with van der Waals surface area (Å²) < 4.78 is 15.4. The molecule has 3 atom stereocenters. The highest BCUT2D eigenvalue weighted by Crippen LogP contribution is 2.43. The lowest BCUT2D eigenvalue weighted by atomic mass is 9.73. The molecule has 0 aromatic heterocycles. The van der Waals surface area contributed by atoms with Crippen LogP contribution >= 0.6 is 0 Å². The summed E-state index contributed by atoms with van der Waals surface area (Å²) in [7, 11) is 4.23. The Morgan fingerprint density at radius 1 is 1.08 bits per heavy atom. The highest BCUT2D eigenvalue weighted by atomic mass is 16.5. The maximum absolute atomic E-state index is 12.4. The van der Waals surface area contributed by atoms with E-state index < -0.39 is 17.8 Å². The quantitative estimate of drug-likeness (QED) is 0.850. The third-order valence-electron chi connectivity index (χ3n) is 4.41. The zero-order valence-electron chi connectivity index (χ0n) is 14.6. The Bertz CT molecular complexity index is 667. The lowest BCUT2D eigenvalue weighted by molar-refractivity contribution is -0.147. The van der Waals surface area contributed by atoms with Gasteiger partial charge in [0.2, 0.25) is 0 Å². The normalized spacial score (nSPS) is 23.3. The molecule has 1 aromatic carbocycles. The average molecular weight is 333 g/mol. The van der Waals surface area contributed by atoms with Gasteiger partial charge in [-0.2, -0.15) is 0 Å². The van der Waals surface area contributed by atoms with Crippen LogP contribution < -0.4 is 10.1 Å². The minimum atomic E-state index is -0.580. The number of rotatable bonds is 4. The van der Waals surface area contributed by atoms with Crippen LogP contribution in [0, 0.1) is 5.92 Å². The van der Waals surface area contributed by atoms with Crippen molar-refractivity contribution in [2.24, 2.45) is 5.92 Å². The fraction of sp³-hybridized carbons (Fsp3) is 0.444. The van der Waals surface area contributed by atoms with Crippen LogP contribution in [0.25, 0.3) is 0 Å². The van der Waals surface area contributed by atoms with Crippen LogP contribution in [0.15, 0.2) is 35.5 Å². The number of hydrogen-bond acceptors (Lipinski definition) is 6. The van der Waals surface area contributed by atoms with Gasteiger partial charge < -0.3 is 19.5 Å². The Kier molecular flexibility index (Phi) is 5.49. The molecule has 0 bridgehead atoms. The molecule has 0 aliphatic carbocycles. The van der Waals surface area contributed by atoms with Crippen LogP contribution in [-0.4, -0.2) is 39.3 Å². The predicted molar refractivity (Wildman–Crippen MR) is 88.6 cm³/mol. The molecular weight excluding hydrogens is 310 g/mol. The van der Waals surface area contributed by atoms with Crippen molar-refractivity contribution in [3.05, 3.63) is 41.1 Å². The van der Waals surface area contributed by atoms with Crippen LogP contribution in [-0.2, 0) is 19.1 Å². The zero-order chi connectivity index (χ0) is 17.9. The molecule has 0 fully saturated rings. The van der Waals surface area contributed by atoms with Crippen LogP contribution in [0.2, 0.25) is 0 Å². The first-order valence-corrected chi connectivity index (χ1v) is 7.72. The summed E-state index contributed by atoms with van der Waals surface area (Å²) in [5.74, 6) is -1.35. The molecule has 1 aromatic rings. The maximum atomic E-state index is 12.4. The summed E-state index contributed by atoms with van der Waals surface area (Å²) in [6.07, 6.45) is 0. The summed E-state index contributed by atoms with van der Waals surface area (Å²) in [6.45, 7) is 3.69. The molecule has 130 valence electrons. The Hall–Kier alpha value is -2.50. The highest BCUT2D eigenvalue weighted by Gasteiger charge is 2.45. The topological polar surface area (TPSA) is 73.9 Å². The zero-order valence-corrected chi connectivity index (χ0v) is 14.6. The van der Waals surface area contributed by atoms with Gasteiger partial charge in [0.25, 0.3) is 0 Å². The standard InChI is InChI=1S/C18H23NO5/c1-10-14(17(20)23-4)16(12-8-6-7-9-13(12)22-3)15(11(2)19-10)18(21)24-5/h6-10,14,16,19H,1-5H3. The highest BCUT2D eigenvalue weighted by molar-refractivity contribution is 5.93. The van der Waals surface area contributed by atoms with Crippen molar-refractivity contribution >= 4 is 11.9 Å². The van der Waals surface area contributed by atoms with Crippen molar-refractivity contribution in [3.63, 3.8) is 0 Å². The van der Waals surface area contributed by atoms with E-state index in [-0.39, 0.29) is 12.0 Å². The molecule has 1 aliphatic heterocycles. The van der Waals surface area contributed by atoms with E-state index >= 15 is 0 Å². The lowest BCUT2D eigenvalue weighted by Gasteiger charge is -2.38. The van der Waals surface area contributed by atoms with E-state index in [1.54, 1.807) is 20.1 Å². The van der Waals surface area contributed by atoms with Crippen LogP contribution in [0.4, 0.5) is 0 Å². The number of allylic oxidation sites excluding steroid dienone is 1. The number of nitrogens with one attached hydrogen (secondary N) is 1. The van der Waals surface area contributed by atoms with Crippen molar-refractivity contribution in [2.75, 3.05) is 21.3 Å². The first-order chi connectivity index (χ1) is 11.5. The maximum Gasteiger partial charge on any atom is 0.336 e. The predicted octanol–water partition coefficient (Wildman–Crippen LogP) is 2.01. The first-order valence-electron chi connectivity index (χ1n) is 7.72. The molecule has 0 saturated heterocycles. The number of carbonyl (C=O) groups excluding carboxylic acids is 2. The second-order valence-electron chi connectivity index (χ2n) is 5.73. The molecular formula is C18H23NO5.